The van der Waals surface area contributed by atoms with Crippen LogP contribution in [0.4, 0.5) is 0 Å². The predicted molar refractivity (Wildman–Crippen MR) is 120 cm³/mol. The summed E-state index contributed by atoms with van der Waals surface area (Å²) < 4.78 is 28.6. The van der Waals surface area contributed by atoms with Gasteiger partial charge in [0.2, 0.25) is 5.75 Å². The number of hydrogen-bond acceptors (Lipinski definition) is 8. The van der Waals surface area contributed by atoms with E-state index in [4.69, 9.17) is 23.0 Å². The number of hydrogen-bond donors (Lipinski definition) is 2. The molecule has 0 saturated carbocycles. The van der Waals surface area contributed by atoms with Crippen LogP contribution in [0.3, 0.4) is 0 Å². The second-order valence-corrected chi connectivity index (χ2v) is 8.59. The van der Waals surface area contributed by atoms with Gasteiger partial charge in [-0.1, -0.05) is 6.58 Å². The summed E-state index contributed by atoms with van der Waals surface area (Å²) in [6, 6.07) is 4.53. The molecule has 3 aromatic rings. The predicted octanol–water partition coefficient (Wildman–Crippen LogP) is 3.80. The molecule has 0 aliphatic rings. The molecule has 0 spiro atoms. The van der Waals surface area contributed by atoms with E-state index in [1.165, 1.54) is 12.3 Å². The van der Waals surface area contributed by atoms with Crippen molar-refractivity contribution >= 4 is 21.9 Å². The van der Waals surface area contributed by atoms with Gasteiger partial charge in [-0.3, -0.25) is 0 Å². The van der Waals surface area contributed by atoms with E-state index >= 15 is 0 Å². The highest BCUT2D eigenvalue weighted by atomic mass is 16.5. The monoisotopic (exact) mass is 446 g/mol. The first-order chi connectivity index (χ1) is 15.0. The zero-order valence-electron chi connectivity index (χ0n) is 19.0. The van der Waals surface area contributed by atoms with Gasteiger partial charge in [0.15, 0.2) is 11.2 Å². The van der Waals surface area contributed by atoms with Gasteiger partial charge in [0.05, 0.1) is 28.7 Å². The van der Waals surface area contributed by atoms with Gasteiger partial charge in [0, 0.05) is 6.07 Å². The van der Waals surface area contributed by atoms with E-state index in [2.05, 4.69) is 6.58 Å². The molecule has 2 heterocycles. The SMILES string of the molecule is C=C(C)C(O)COc1c2occc2c(OCC(O)C(C)(C)OC(C)C)c2ccc(=O)oc12. The van der Waals surface area contributed by atoms with E-state index < -0.39 is 23.4 Å². The molecule has 0 saturated heterocycles. The molecule has 2 atom stereocenters. The molecule has 2 N–H and O–H groups in total. The first kappa shape index (κ1) is 23.8. The molecule has 0 radical (unpaired) electrons. The number of aliphatic hydroxyl groups is 2. The highest BCUT2D eigenvalue weighted by molar-refractivity contribution is 6.06. The Morgan fingerprint density at radius 2 is 1.72 bits per heavy atom. The van der Waals surface area contributed by atoms with E-state index in [9.17, 15) is 15.0 Å². The zero-order chi connectivity index (χ0) is 23.6. The molecule has 0 aliphatic heterocycles. The Labute approximate surface area is 186 Å². The van der Waals surface area contributed by atoms with Crippen molar-refractivity contribution in [2.75, 3.05) is 13.2 Å². The van der Waals surface area contributed by atoms with Crippen LogP contribution >= 0.6 is 0 Å². The molecular formula is C24H30O8. The van der Waals surface area contributed by atoms with Crippen LogP contribution in [0.25, 0.3) is 21.9 Å². The zero-order valence-corrected chi connectivity index (χ0v) is 19.0. The summed E-state index contributed by atoms with van der Waals surface area (Å²) in [5, 5.41) is 21.8. The van der Waals surface area contributed by atoms with Crippen molar-refractivity contribution < 1.29 is 33.3 Å². The minimum absolute atomic E-state index is 0.0667. The molecule has 8 heteroatoms. The van der Waals surface area contributed by atoms with E-state index in [0.29, 0.717) is 27.7 Å². The second kappa shape index (κ2) is 9.36. The van der Waals surface area contributed by atoms with Gasteiger partial charge >= 0.3 is 5.63 Å². The van der Waals surface area contributed by atoms with Gasteiger partial charge in [-0.15, -0.1) is 0 Å². The van der Waals surface area contributed by atoms with Crippen molar-refractivity contribution in [3.05, 3.63) is 47.0 Å². The summed E-state index contributed by atoms with van der Waals surface area (Å²) in [5.41, 5.74) is -0.467. The molecule has 0 bridgehead atoms. The largest absolute Gasteiger partial charge is 0.489 e. The van der Waals surface area contributed by atoms with Crippen molar-refractivity contribution in [1.82, 2.24) is 0 Å². The van der Waals surface area contributed by atoms with Crippen LogP contribution in [0.1, 0.15) is 34.6 Å². The third kappa shape index (κ3) is 4.98. The van der Waals surface area contributed by atoms with E-state index in [1.807, 2.05) is 13.8 Å². The minimum atomic E-state index is -0.931. The fraction of sp³-hybridized carbons (Fsp3) is 0.458. The normalized spacial score (nSPS) is 14.1. The molecular weight excluding hydrogens is 416 g/mol. The third-order valence-corrected chi connectivity index (χ3v) is 5.08. The van der Waals surface area contributed by atoms with Crippen LogP contribution in [-0.4, -0.2) is 47.3 Å². The molecule has 0 amide bonds. The lowest BCUT2D eigenvalue weighted by Crippen LogP contribution is -2.44. The number of furan rings is 1. The summed E-state index contributed by atoms with van der Waals surface area (Å²) in [7, 11) is 0. The van der Waals surface area contributed by atoms with Gasteiger partial charge in [-0.05, 0) is 52.3 Å². The van der Waals surface area contributed by atoms with Gasteiger partial charge in [-0.2, -0.15) is 0 Å². The average molecular weight is 446 g/mol. The van der Waals surface area contributed by atoms with Gasteiger partial charge < -0.3 is 33.3 Å². The molecule has 174 valence electrons. The van der Waals surface area contributed by atoms with Crippen LogP contribution < -0.4 is 15.1 Å². The summed E-state index contributed by atoms with van der Waals surface area (Å²) >= 11 is 0. The average Bonchev–Trinajstić information content (AvgIpc) is 3.18. The molecule has 8 nitrogen and oxygen atoms in total. The Morgan fingerprint density at radius 3 is 2.38 bits per heavy atom. The first-order valence-corrected chi connectivity index (χ1v) is 10.4. The lowest BCUT2D eigenvalue weighted by molar-refractivity contribution is -0.134. The number of benzene rings is 1. The first-order valence-electron chi connectivity index (χ1n) is 10.4. The standard InChI is InChI=1S/C24H30O8/c1-13(2)17(25)11-29-23-21-16(9-10-28-21)20(15-7-8-19(27)31-22(15)23)30-12-18(26)24(5,6)32-14(3)4/h7-10,14,17-18,25-26H,1,11-12H2,2-6H3. The van der Waals surface area contributed by atoms with Crippen molar-refractivity contribution in [3.8, 4) is 11.5 Å². The van der Waals surface area contributed by atoms with Crippen LogP contribution in [0.15, 0.2) is 50.2 Å². The van der Waals surface area contributed by atoms with Crippen molar-refractivity contribution in [2.24, 2.45) is 0 Å². The van der Waals surface area contributed by atoms with Gasteiger partial charge in [0.1, 0.15) is 31.2 Å². The molecule has 2 aromatic heterocycles. The summed E-state index contributed by atoms with van der Waals surface area (Å²) in [4.78, 5) is 12.0. The molecule has 1 aromatic carbocycles. The Kier molecular flexibility index (Phi) is 6.97. The highest BCUT2D eigenvalue weighted by Crippen LogP contribution is 2.43. The lowest BCUT2D eigenvalue weighted by atomic mass is 10.0. The molecule has 32 heavy (non-hydrogen) atoms. The minimum Gasteiger partial charge on any atom is -0.489 e. The van der Waals surface area contributed by atoms with Gasteiger partial charge in [0.25, 0.3) is 0 Å². The highest BCUT2D eigenvalue weighted by Gasteiger charge is 2.31. The van der Waals surface area contributed by atoms with E-state index in [1.54, 1.807) is 32.9 Å². The number of aliphatic hydroxyl groups excluding tert-OH is 2. The molecule has 0 aliphatic carbocycles. The van der Waals surface area contributed by atoms with Crippen LogP contribution in [0, 0.1) is 0 Å². The van der Waals surface area contributed by atoms with E-state index in [0.717, 1.165) is 0 Å². The molecule has 3 rings (SSSR count). The Morgan fingerprint density at radius 1 is 1.06 bits per heavy atom. The van der Waals surface area contributed by atoms with Crippen LogP contribution in [0.5, 0.6) is 11.5 Å². The van der Waals surface area contributed by atoms with Crippen LogP contribution in [0.2, 0.25) is 0 Å². The Hall–Kier alpha value is -2.81. The topological polar surface area (TPSA) is 112 Å². The van der Waals surface area contributed by atoms with Crippen LogP contribution in [-0.2, 0) is 4.74 Å². The van der Waals surface area contributed by atoms with Crippen molar-refractivity contribution in [3.63, 3.8) is 0 Å². The maximum Gasteiger partial charge on any atom is 0.336 e. The van der Waals surface area contributed by atoms with Crippen molar-refractivity contribution in [1.29, 1.82) is 0 Å². The summed E-state index contributed by atoms with van der Waals surface area (Å²) in [5.74, 6) is 0.550. The van der Waals surface area contributed by atoms with Gasteiger partial charge in [-0.25, -0.2) is 4.79 Å². The molecule has 2 unspecified atom stereocenters. The smallest absolute Gasteiger partial charge is 0.336 e. The summed E-state index contributed by atoms with van der Waals surface area (Å²) in [6.07, 6.45) is -0.445. The maximum absolute atomic E-state index is 12.0. The number of rotatable bonds is 10. The van der Waals surface area contributed by atoms with E-state index in [-0.39, 0.29) is 30.7 Å². The second-order valence-electron chi connectivity index (χ2n) is 8.59. The third-order valence-electron chi connectivity index (χ3n) is 5.08. The Bertz CT molecular complexity index is 1150. The lowest BCUT2D eigenvalue weighted by Gasteiger charge is -2.32. The fourth-order valence-electron chi connectivity index (χ4n) is 3.32. The summed E-state index contributed by atoms with van der Waals surface area (Å²) in [6.45, 7) is 12.6. The molecule has 0 fully saturated rings. The van der Waals surface area contributed by atoms with Crippen molar-refractivity contribution in [2.45, 2.75) is 58.5 Å². The maximum atomic E-state index is 12.0. The number of fused-ring (bicyclic) bond motifs is 2. The fourth-order valence-corrected chi connectivity index (χ4v) is 3.32. The quantitative estimate of drug-likeness (QED) is 0.357. The number of ether oxygens (including phenoxy) is 3. The Balaban J connectivity index is 2.02.